The van der Waals surface area contributed by atoms with E-state index in [4.69, 9.17) is 9.47 Å². The summed E-state index contributed by atoms with van der Waals surface area (Å²) in [6.45, 7) is 0.774. The molecule has 1 aliphatic heterocycles. The van der Waals surface area contributed by atoms with Crippen molar-refractivity contribution in [2.24, 2.45) is 0 Å². The van der Waals surface area contributed by atoms with Gasteiger partial charge in [0.25, 0.3) is 0 Å². The van der Waals surface area contributed by atoms with E-state index >= 15 is 0 Å². The van der Waals surface area contributed by atoms with E-state index < -0.39 is 0 Å². The molecule has 0 atom stereocenters. The fraction of sp³-hybridized carbons (Fsp3) is 0.167. The highest BCUT2D eigenvalue weighted by atomic mass is 19.1. The van der Waals surface area contributed by atoms with Gasteiger partial charge in [0.2, 0.25) is 12.7 Å². The molecule has 23 heavy (non-hydrogen) atoms. The van der Waals surface area contributed by atoms with Crippen LogP contribution >= 0.6 is 0 Å². The van der Waals surface area contributed by atoms with Gasteiger partial charge in [-0.2, -0.15) is 0 Å². The fourth-order valence-electron chi connectivity index (χ4n) is 2.23. The van der Waals surface area contributed by atoms with E-state index in [1.165, 1.54) is 18.2 Å². The highest BCUT2D eigenvalue weighted by molar-refractivity contribution is 5.91. The molecule has 0 aromatic heterocycles. The number of carbonyl (C=O) groups excluding carboxylic acids is 1. The maximum atomic E-state index is 12.8. The third-order valence-corrected chi connectivity index (χ3v) is 3.45. The molecule has 0 unspecified atom stereocenters. The van der Waals surface area contributed by atoms with Crippen molar-refractivity contribution in [3.8, 4) is 11.5 Å². The fourth-order valence-corrected chi connectivity index (χ4v) is 2.23. The van der Waals surface area contributed by atoms with Gasteiger partial charge in [0.1, 0.15) is 5.82 Å². The first kappa shape index (κ1) is 15.1. The predicted octanol–water partition coefficient (Wildman–Crippen LogP) is 2.93. The monoisotopic (exact) mass is 313 g/mol. The second-order valence-corrected chi connectivity index (χ2v) is 5.11. The van der Waals surface area contributed by atoms with Crippen LogP contribution in [-0.4, -0.2) is 19.2 Å². The lowest BCUT2D eigenvalue weighted by atomic mass is 10.1. The van der Waals surface area contributed by atoms with Gasteiger partial charge in [0.05, 0.1) is 0 Å². The Morgan fingerprint density at radius 2 is 1.91 bits per heavy atom. The van der Waals surface area contributed by atoms with E-state index in [9.17, 15) is 9.18 Å². The average Bonchev–Trinajstić information content (AvgIpc) is 3.02. The first-order valence-corrected chi connectivity index (χ1v) is 7.31. The molecule has 0 fully saturated rings. The highest BCUT2D eigenvalue weighted by Crippen LogP contribution is 2.32. The Balaban J connectivity index is 1.46. The van der Waals surface area contributed by atoms with Crippen molar-refractivity contribution in [1.82, 2.24) is 5.32 Å². The summed E-state index contributed by atoms with van der Waals surface area (Å²) in [6.07, 6.45) is 3.79. The summed E-state index contributed by atoms with van der Waals surface area (Å²) >= 11 is 0. The Hall–Kier alpha value is -2.82. The standard InChI is InChI=1S/C18H16FNO3/c19-15-5-1-13(2-6-15)4-8-18(21)20-10-9-14-3-7-16-17(11-14)23-12-22-16/h1-8,11H,9-10,12H2,(H,20,21)/b8-4+. The molecule has 5 heteroatoms. The maximum absolute atomic E-state index is 12.8. The van der Waals surface area contributed by atoms with Gasteiger partial charge in [-0.25, -0.2) is 4.39 Å². The Morgan fingerprint density at radius 3 is 2.74 bits per heavy atom. The molecule has 0 saturated carbocycles. The van der Waals surface area contributed by atoms with E-state index in [0.29, 0.717) is 13.0 Å². The number of halogens is 1. The van der Waals surface area contributed by atoms with Gasteiger partial charge in [-0.3, -0.25) is 4.79 Å². The summed E-state index contributed by atoms with van der Waals surface area (Å²) < 4.78 is 23.3. The second-order valence-electron chi connectivity index (χ2n) is 5.11. The van der Waals surface area contributed by atoms with Crippen molar-refractivity contribution in [3.05, 3.63) is 65.5 Å². The topological polar surface area (TPSA) is 47.6 Å². The van der Waals surface area contributed by atoms with E-state index in [1.54, 1.807) is 18.2 Å². The lowest BCUT2D eigenvalue weighted by Gasteiger charge is -2.04. The molecule has 2 aromatic rings. The molecular weight excluding hydrogens is 297 g/mol. The van der Waals surface area contributed by atoms with E-state index in [0.717, 1.165) is 22.6 Å². The molecule has 0 radical (unpaired) electrons. The molecule has 0 spiro atoms. The van der Waals surface area contributed by atoms with Crippen molar-refractivity contribution >= 4 is 12.0 Å². The van der Waals surface area contributed by atoms with Crippen LogP contribution in [0, 0.1) is 5.82 Å². The zero-order valence-electron chi connectivity index (χ0n) is 12.4. The number of ether oxygens (including phenoxy) is 2. The maximum Gasteiger partial charge on any atom is 0.244 e. The van der Waals surface area contributed by atoms with Gasteiger partial charge >= 0.3 is 0 Å². The normalized spacial score (nSPS) is 12.6. The van der Waals surface area contributed by atoms with Gasteiger partial charge in [0, 0.05) is 12.6 Å². The van der Waals surface area contributed by atoms with Crippen molar-refractivity contribution in [2.45, 2.75) is 6.42 Å². The van der Waals surface area contributed by atoms with Crippen molar-refractivity contribution in [1.29, 1.82) is 0 Å². The minimum atomic E-state index is -0.296. The number of carbonyl (C=O) groups is 1. The molecule has 3 rings (SSSR count). The molecule has 1 amide bonds. The quantitative estimate of drug-likeness (QED) is 0.863. The molecule has 0 saturated heterocycles. The van der Waals surface area contributed by atoms with Crippen LogP contribution < -0.4 is 14.8 Å². The third kappa shape index (κ3) is 4.10. The Labute approximate surface area is 133 Å². The molecule has 2 aromatic carbocycles. The lowest BCUT2D eigenvalue weighted by molar-refractivity contribution is -0.116. The number of hydrogen-bond acceptors (Lipinski definition) is 3. The molecule has 4 nitrogen and oxygen atoms in total. The van der Waals surface area contributed by atoms with Crippen LogP contribution in [-0.2, 0) is 11.2 Å². The van der Waals surface area contributed by atoms with E-state index in [1.807, 2.05) is 18.2 Å². The minimum Gasteiger partial charge on any atom is -0.454 e. The van der Waals surface area contributed by atoms with Crippen LogP contribution in [0.3, 0.4) is 0 Å². The summed E-state index contributed by atoms with van der Waals surface area (Å²) in [5, 5.41) is 2.81. The lowest BCUT2D eigenvalue weighted by Crippen LogP contribution is -2.23. The SMILES string of the molecule is O=C(/C=C/c1ccc(F)cc1)NCCc1ccc2c(c1)OCO2. The second kappa shape index (κ2) is 6.96. The van der Waals surface area contributed by atoms with Crippen LogP contribution in [0.15, 0.2) is 48.5 Å². The Morgan fingerprint density at radius 1 is 1.13 bits per heavy atom. The van der Waals surface area contributed by atoms with Crippen LogP contribution in [0.4, 0.5) is 4.39 Å². The smallest absolute Gasteiger partial charge is 0.244 e. The first-order chi connectivity index (χ1) is 11.2. The number of benzene rings is 2. The molecule has 118 valence electrons. The summed E-state index contributed by atoms with van der Waals surface area (Å²) in [5.74, 6) is 1.01. The van der Waals surface area contributed by atoms with E-state index in [-0.39, 0.29) is 18.5 Å². The van der Waals surface area contributed by atoms with Gasteiger partial charge in [-0.15, -0.1) is 0 Å². The summed E-state index contributed by atoms with van der Waals surface area (Å²) in [4.78, 5) is 11.7. The highest BCUT2D eigenvalue weighted by Gasteiger charge is 2.12. The summed E-state index contributed by atoms with van der Waals surface area (Å²) in [7, 11) is 0. The van der Waals surface area contributed by atoms with Crippen LogP contribution in [0.25, 0.3) is 6.08 Å². The molecule has 1 N–H and O–H groups in total. The summed E-state index contributed by atoms with van der Waals surface area (Å²) in [5.41, 5.74) is 1.84. The van der Waals surface area contributed by atoms with Crippen molar-refractivity contribution < 1.29 is 18.7 Å². The number of hydrogen-bond donors (Lipinski definition) is 1. The number of rotatable bonds is 5. The minimum absolute atomic E-state index is 0.185. The molecule has 1 aliphatic rings. The average molecular weight is 313 g/mol. The number of nitrogens with one attached hydrogen (secondary N) is 1. The number of fused-ring (bicyclic) bond motifs is 1. The summed E-state index contributed by atoms with van der Waals surface area (Å²) in [6, 6.07) is 11.7. The van der Waals surface area contributed by atoms with Crippen molar-refractivity contribution in [3.63, 3.8) is 0 Å². The zero-order valence-corrected chi connectivity index (χ0v) is 12.4. The molecular formula is C18H16FNO3. The van der Waals surface area contributed by atoms with Crippen molar-refractivity contribution in [2.75, 3.05) is 13.3 Å². The van der Waals surface area contributed by atoms with Gasteiger partial charge in [0.15, 0.2) is 11.5 Å². The van der Waals surface area contributed by atoms with Gasteiger partial charge in [-0.05, 0) is 47.9 Å². The van der Waals surface area contributed by atoms with Gasteiger partial charge < -0.3 is 14.8 Å². The van der Waals surface area contributed by atoms with Crippen LogP contribution in [0.2, 0.25) is 0 Å². The predicted molar refractivity (Wildman–Crippen MR) is 84.7 cm³/mol. The zero-order chi connectivity index (χ0) is 16.1. The van der Waals surface area contributed by atoms with Crippen LogP contribution in [0.1, 0.15) is 11.1 Å². The molecule has 0 bridgehead atoms. The largest absolute Gasteiger partial charge is 0.454 e. The van der Waals surface area contributed by atoms with Crippen LogP contribution in [0.5, 0.6) is 11.5 Å². The third-order valence-electron chi connectivity index (χ3n) is 3.45. The molecule has 0 aliphatic carbocycles. The Bertz CT molecular complexity index is 726. The molecule has 1 heterocycles. The van der Waals surface area contributed by atoms with E-state index in [2.05, 4.69) is 5.32 Å². The Kier molecular flexibility index (Phi) is 4.57. The van der Waals surface area contributed by atoms with Gasteiger partial charge in [-0.1, -0.05) is 18.2 Å². The first-order valence-electron chi connectivity index (χ1n) is 7.31. The number of amides is 1.